The Bertz CT molecular complexity index is 232. The Balaban J connectivity index is 4.79. The smallest absolute Gasteiger partial charge is 0.00891 e. The van der Waals surface area contributed by atoms with Gasteiger partial charge in [-0.3, -0.25) is 0 Å². The van der Waals surface area contributed by atoms with Crippen LogP contribution in [0.15, 0.2) is 0 Å². The van der Waals surface area contributed by atoms with Crippen molar-refractivity contribution in [3.8, 4) is 0 Å². The Hall–Kier alpha value is -0.0400. The predicted molar refractivity (Wildman–Crippen MR) is 88.4 cm³/mol. The first kappa shape index (κ1) is 19.0. The van der Waals surface area contributed by atoms with Crippen LogP contribution >= 0.6 is 0 Å². The highest BCUT2D eigenvalue weighted by Gasteiger charge is 2.31. The maximum Gasteiger partial charge on any atom is 0.00891 e. The minimum Gasteiger partial charge on any atom is -0.306 e. The van der Waals surface area contributed by atoms with E-state index in [2.05, 4.69) is 74.4 Å². The van der Waals surface area contributed by atoms with Gasteiger partial charge in [-0.05, 0) is 62.9 Å². The third-order valence-corrected chi connectivity index (χ3v) is 5.51. The summed E-state index contributed by atoms with van der Waals surface area (Å²) in [6.07, 6.45) is 1.37. The summed E-state index contributed by atoms with van der Waals surface area (Å²) in [7, 11) is 4.40. The molecule has 5 unspecified atom stereocenters. The van der Waals surface area contributed by atoms with Gasteiger partial charge in [-0.25, -0.2) is 0 Å². The van der Waals surface area contributed by atoms with Gasteiger partial charge in [0.05, 0.1) is 0 Å². The topological polar surface area (TPSA) is 3.24 Å². The van der Waals surface area contributed by atoms with Gasteiger partial charge in [0.1, 0.15) is 0 Å². The minimum absolute atomic E-state index is 0.657. The number of hydrogen-bond donors (Lipinski definition) is 0. The van der Waals surface area contributed by atoms with Crippen LogP contribution in [0.4, 0.5) is 0 Å². The van der Waals surface area contributed by atoms with Crippen molar-refractivity contribution >= 4 is 0 Å². The standard InChI is InChI=1S/C18H39N/c1-12(2)11-18(13(3)4)16(7)14(5)15(6)17(8)19(9)10/h12-18H,11H2,1-10H3. The fraction of sp³-hybridized carbons (Fsp3) is 1.00. The SMILES string of the molecule is CC(C)CC(C(C)C)C(C)C(C)C(C)C(C)N(C)C. The molecule has 0 spiro atoms. The van der Waals surface area contributed by atoms with E-state index in [0.717, 1.165) is 35.5 Å². The molecular weight excluding hydrogens is 230 g/mol. The van der Waals surface area contributed by atoms with Gasteiger partial charge in [-0.1, -0.05) is 48.5 Å². The predicted octanol–water partition coefficient (Wildman–Crippen LogP) is 5.16. The van der Waals surface area contributed by atoms with Crippen LogP contribution < -0.4 is 0 Å². The monoisotopic (exact) mass is 269 g/mol. The van der Waals surface area contributed by atoms with E-state index in [-0.39, 0.29) is 0 Å². The van der Waals surface area contributed by atoms with Crippen molar-refractivity contribution < 1.29 is 0 Å². The van der Waals surface area contributed by atoms with Crippen LogP contribution in [0.5, 0.6) is 0 Å². The lowest BCUT2D eigenvalue weighted by atomic mass is 9.69. The summed E-state index contributed by atoms with van der Waals surface area (Å²) < 4.78 is 0. The fourth-order valence-corrected chi connectivity index (χ4v) is 3.42. The molecule has 116 valence electrons. The summed E-state index contributed by atoms with van der Waals surface area (Å²) in [4.78, 5) is 2.36. The maximum absolute atomic E-state index is 2.48. The quantitative estimate of drug-likeness (QED) is 0.588. The Labute approximate surface area is 123 Å². The average Bonchev–Trinajstić information content (AvgIpc) is 2.31. The lowest BCUT2D eigenvalue weighted by molar-refractivity contribution is 0.100. The van der Waals surface area contributed by atoms with Gasteiger partial charge in [0, 0.05) is 6.04 Å². The molecule has 0 amide bonds. The zero-order valence-corrected chi connectivity index (χ0v) is 15.2. The van der Waals surface area contributed by atoms with Crippen molar-refractivity contribution in [2.75, 3.05) is 14.1 Å². The summed E-state index contributed by atoms with van der Waals surface area (Å²) in [6.45, 7) is 19.3. The molecule has 0 aliphatic heterocycles. The Morgan fingerprint density at radius 2 is 1.16 bits per heavy atom. The molecule has 0 aromatic rings. The third kappa shape index (κ3) is 5.85. The molecule has 0 aliphatic rings. The van der Waals surface area contributed by atoms with Crippen molar-refractivity contribution in [1.29, 1.82) is 0 Å². The molecule has 0 aliphatic carbocycles. The second-order valence-corrected chi connectivity index (χ2v) is 7.82. The molecule has 0 aromatic carbocycles. The number of hydrogen-bond acceptors (Lipinski definition) is 1. The molecule has 0 N–H and O–H groups in total. The molecule has 1 nitrogen and oxygen atoms in total. The summed E-state index contributed by atoms with van der Waals surface area (Å²) >= 11 is 0. The van der Waals surface area contributed by atoms with Gasteiger partial charge < -0.3 is 4.90 Å². The van der Waals surface area contributed by atoms with Crippen molar-refractivity contribution in [2.45, 2.75) is 67.9 Å². The van der Waals surface area contributed by atoms with Gasteiger partial charge in [0.15, 0.2) is 0 Å². The zero-order valence-electron chi connectivity index (χ0n) is 15.2. The van der Waals surface area contributed by atoms with Crippen LogP contribution in [0.1, 0.15) is 61.8 Å². The fourth-order valence-electron chi connectivity index (χ4n) is 3.42. The molecule has 0 radical (unpaired) electrons. The second-order valence-electron chi connectivity index (χ2n) is 7.82. The highest BCUT2D eigenvalue weighted by Crippen LogP contribution is 2.36. The molecule has 0 saturated carbocycles. The average molecular weight is 270 g/mol. The van der Waals surface area contributed by atoms with E-state index in [1.807, 2.05) is 0 Å². The number of nitrogens with zero attached hydrogens (tertiary/aromatic N) is 1. The first-order chi connectivity index (χ1) is 8.59. The molecule has 19 heavy (non-hydrogen) atoms. The van der Waals surface area contributed by atoms with E-state index in [4.69, 9.17) is 0 Å². The number of rotatable bonds is 8. The van der Waals surface area contributed by atoms with Gasteiger partial charge in [0.2, 0.25) is 0 Å². The third-order valence-electron chi connectivity index (χ3n) is 5.51. The molecule has 1 heteroatoms. The van der Waals surface area contributed by atoms with Crippen LogP contribution in [0.2, 0.25) is 0 Å². The van der Waals surface area contributed by atoms with Crippen molar-refractivity contribution in [1.82, 2.24) is 4.90 Å². The largest absolute Gasteiger partial charge is 0.306 e. The van der Waals surface area contributed by atoms with E-state index in [0.29, 0.717) is 6.04 Å². The van der Waals surface area contributed by atoms with Gasteiger partial charge in [-0.2, -0.15) is 0 Å². The van der Waals surface area contributed by atoms with Gasteiger partial charge in [0.25, 0.3) is 0 Å². The molecular formula is C18H39N. The van der Waals surface area contributed by atoms with Crippen LogP contribution in [-0.4, -0.2) is 25.0 Å². The molecule has 0 saturated heterocycles. The summed E-state index contributed by atoms with van der Waals surface area (Å²) in [5, 5.41) is 0. The van der Waals surface area contributed by atoms with E-state index in [9.17, 15) is 0 Å². The van der Waals surface area contributed by atoms with E-state index in [1.165, 1.54) is 6.42 Å². The van der Waals surface area contributed by atoms with Gasteiger partial charge >= 0.3 is 0 Å². The molecule has 5 atom stereocenters. The van der Waals surface area contributed by atoms with Gasteiger partial charge in [-0.15, -0.1) is 0 Å². The molecule has 0 heterocycles. The Kier molecular flexibility index (Phi) is 8.27. The molecule has 0 aromatic heterocycles. The van der Waals surface area contributed by atoms with Crippen molar-refractivity contribution in [3.05, 3.63) is 0 Å². The van der Waals surface area contributed by atoms with Crippen molar-refractivity contribution in [3.63, 3.8) is 0 Å². The second kappa shape index (κ2) is 8.29. The van der Waals surface area contributed by atoms with E-state index >= 15 is 0 Å². The first-order valence-electron chi connectivity index (χ1n) is 8.25. The van der Waals surface area contributed by atoms with Crippen molar-refractivity contribution in [2.24, 2.45) is 35.5 Å². The molecule has 0 fully saturated rings. The zero-order chi connectivity index (χ0) is 15.3. The maximum atomic E-state index is 2.48. The highest BCUT2D eigenvalue weighted by atomic mass is 15.1. The lowest BCUT2D eigenvalue weighted by Gasteiger charge is -2.39. The minimum atomic E-state index is 0.657. The van der Waals surface area contributed by atoms with E-state index < -0.39 is 0 Å². The molecule has 0 bridgehead atoms. The lowest BCUT2D eigenvalue weighted by Crippen LogP contribution is -2.38. The van der Waals surface area contributed by atoms with Crippen LogP contribution in [0, 0.1) is 35.5 Å². The summed E-state index contributed by atoms with van der Waals surface area (Å²) in [6, 6.07) is 0.657. The highest BCUT2D eigenvalue weighted by molar-refractivity contribution is 4.81. The Morgan fingerprint density at radius 3 is 1.47 bits per heavy atom. The summed E-state index contributed by atoms with van der Waals surface area (Å²) in [5.74, 6) is 4.79. The van der Waals surface area contributed by atoms with Crippen LogP contribution in [0.25, 0.3) is 0 Å². The molecule has 0 rings (SSSR count). The van der Waals surface area contributed by atoms with E-state index in [1.54, 1.807) is 0 Å². The van der Waals surface area contributed by atoms with Crippen LogP contribution in [-0.2, 0) is 0 Å². The normalized spacial score (nSPS) is 20.7. The van der Waals surface area contributed by atoms with Crippen LogP contribution in [0.3, 0.4) is 0 Å². The summed E-state index contributed by atoms with van der Waals surface area (Å²) in [5.41, 5.74) is 0. The first-order valence-corrected chi connectivity index (χ1v) is 8.25. The Morgan fingerprint density at radius 1 is 0.684 bits per heavy atom.